The fourth-order valence-electron chi connectivity index (χ4n) is 1.02. The number of hydrazine groups is 1. The van der Waals surface area contributed by atoms with E-state index < -0.39 is 12.2 Å². The van der Waals surface area contributed by atoms with Crippen molar-refractivity contribution in [3.63, 3.8) is 0 Å². The van der Waals surface area contributed by atoms with Crippen molar-refractivity contribution in [2.75, 3.05) is 12.0 Å². The maximum absolute atomic E-state index is 9.53. The fourth-order valence-corrected chi connectivity index (χ4v) is 1.02. The third-order valence-electron chi connectivity index (χ3n) is 1.88. The second kappa shape index (κ2) is 4.87. The van der Waals surface area contributed by atoms with E-state index >= 15 is 0 Å². The van der Waals surface area contributed by atoms with E-state index in [1.54, 1.807) is 12.1 Å². The van der Waals surface area contributed by atoms with E-state index in [1.807, 2.05) is 0 Å². The van der Waals surface area contributed by atoms with Gasteiger partial charge in [-0.15, -0.1) is 0 Å². The van der Waals surface area contributed by atoms with Gasteiger partial charge in [-0.2, -0.15) is 0 Å². The first-order chi connectivity index (χ1) is 6.69. The molecule has 0 aliphatic carbocycles. The van der Waals surface area contributed by atoms with E-state index in [0.29, 0.717) is 11.4 Å². The summed E-state index contributed by atoms with van der Waals surface area (Å²) >= 11 is 0. The number of pyridine rings is 1. The van der Waals surface area contributed by atoms with E-state index in [9.17, 15) is 10.2 Å². The van der Waals surface area contributed by atoms with Gasteiger partial charge >= 0.3 is 0 Å². The van der Waals surface area contributed by atoms with Gasteiger partial charge in [0, 0.05) is 18.3 Å². The highest BCUT2D eigenvalue weighted by Crippen LogP contribution is 2.16. The summed E-state index contributed by atoms with van der Waals surface area (Å²) < 4.78 is 0. The Morgan fingerprint density at radius 1 is 1.43 bits per heavy atom. The van der Waals surface area contributed by atoms with Crippen LogP contribution < -0.4 is 17.0 Å². The van der Waals surface area contributed by atoms with E-state index in [-0.39, 0.29) is 6.54 Å². The molecule has 6 nitrogen and oxygen atoms in total. The summed E-state index contributed by atoms with van der Waals surface area (Å²) in [6, 6.07) is 3.22. The summed E-state index contributed by atoms with van der Waals surface area (Å²) in [7, 11) is 0. The molecule has 2 unspecified atom stereocenters. The van der Waals surface area contributed by atoms with Crippen LogP contribution in [-0.2, 0) is 0 Å². The summed E-state index contributed by atoms with van der Waals surface area (Å²) in [6.07, 6.45) is -0.563. The van der Waals surface area contributed by atoms with Gasteiger partial charge in [-0.1, -0.05) is 6.07 Å². The molecule has 0 radical (unpaired) electrons. The quantitative estimate of drug-likeness (QED) is 0.304. The average Bonchev–Trinajstić information content (AvgIpc) is 2.27. The normalized spacial score (nSPS) is 14.9. The van der Waals surface area contributed by atoms with Crippen molar-refractivity contribution in [1.29, 1.82) is 0 Å². The molecule has 14 heavy (non-hydrogen) atoms. The molecule has 1 rings (SSSR count). The second-order valence-electron chi connectivity index (χ2n) is 2.87. The lowest BCUT2D eigenvalue weighted by Crippen LogP contribution is -2.27. The van der Waals surface area contributed by atoms with E-state index in [2.05, 4.69) is 10.4 Å². The molecule has 0 aliphatic heterocycles. The Hall–Kier alpha value is -1.21. The van der Waals surface area contributed by atoms with Crippen molar-refractivity contribution in [1.82, 2.24) is 4.98 Å². The molecular weight excluding hydrogens is 184 g/mol. The lowest BCUT2D eigenvalue weighted by atomic mass is 10.1. The Balaban J connectivity index is 2.75. The topological polar surface area (TPSA) is 117 Å². The highest BCUT2D eigenvalue weighted by atomic mass is 16.3. The zero-order valence-electron chi connectivity index (χ0n) is 7.59. The molecule has 7 N–H and O–H groups in total. The zero-order chi connectivity index (χ0) is 10.6. The van der Waals surface area contributed by atoms with Gasteiger partial charge in [0.15, 0.2) is 0 Å². The molecule has 2 atom stereocenters. The van der Waals surface area contributed by atoms with Gasteiger partial charge < -0.3 is 21.4 Å². The van der Waals surface area contributed by atoms with Gasteiger partial charge in [0.2, 0.25) is 0 Å². The van der Waals surface area contributed by atoms with Crippen molar-refractivity contribution in [3.05, 3.63) is 23.9 Å². The first-order valence-electron chi connectivity index (χ1n) is 4.17. The number of nitrogens with one attached hydrogen (secondary N) is 1. The van der Waals surface area contributed by atoms with E-state index in [4.69, 9.17) is 11.6 Å². The smallest absolute Gasteiger partial charge is 0.139 e. The van der Waals surface area contributed by atoms with Crippen LogP contribution in [0.5, 0.6) is 0 Å². The van der Waals surface area contributed by atoms with Crippen LogP contribution >= 0.6 is 0 Å². The van der Waals surface area contributed by atoms with Crippen molar-refractivity contribution in [3.8, 4) is 0 Å². The number of aliphatic hydroxyl groups is 2. The van der Waals surface area contributed by atoms with Gasteiger partial charge in [0.1, 0.15) is 11.9 Å². The Morgan fingerprint density at radius 2 is 2.14 bits per heavy atom. The highest BCUT2D eigenvalue weighted by Gasteiger charge is 2.16. The van der Waals surface area contributed by atoms with Crippen LogP contribution in [0.4, 0.5) is 5.82 Å². The lowest BCUT2D eigenvalue weighted by molar-refractivity contribution is 0.0241. The summed E-state index contributed by atoms with van der Waals surface area (Å²) in [5, 5.41) is 18.8. The Labute approximate surface area is 81.5 Å². The first-order valence-corrected chi connectivity index (χ1v) is 4.17. The van der Waals surface area contributed by atoms with Crippen LogP contribution in [0.15, 0.2) is 18.3 Å². The van der Waals surface area contributed by atoms with Crippen molar-refractivity contribution < 1.29 is 10.2 Å². The van der Waals surface area contributed by atoms with Gasteiger partial charge in [0.05, 0.1) is 6.10 Å². The van der Waals surface area contributed by atoms with Crippen LogP contribution in [0.1, 0.15) is 11.7 Å². The van der Waals surface area contributed by atoms with E-state index in [1.165, 1.54) is 6.20 Å². The number of anilines is 1. The molecule has 0 saturated heterocycles. The lowest BCUT2D eigenvalue weighted by Gasteiger charge is -2.15. The minimum absolute atomic E-state index is 0.00193. The van der Waals surface area contributed by atoms with Crippen molar-refractivity contribution >= 4 is 5.82 Å². The second-order valence-corrected chi connectivity index (χ2v) is 2.87. The average molecular weight is 198 g/mol. The Kier molecular flexibility index (Phi) is 3.78. The maximum atomic E-state index is 9.53. The number of aliphatic hydroxyl groups excluding tert-OH is 2. The number of nitrogen functional groups attached to an aromatic ring is 1. The predicted molar refractivity (Wildman–Crippen MR) is 52.1 cm³/mol. The van der Waals surface area contributed by atoms with Crippen LogP contribution in [-0.4, -0.2) is 27.8 Å². The number of nitrogens with zero attached hydrogens (tertiary/aromatic N) is 1. The van der Waals surface area contributed by atoms with Crippen LogP contribution in [0, 0.1) is 0 Å². The predicted octanol–water partition coefficient (Wildman–Crippen LogP) is -1.28. The third kappa shape index (κ3) is 2.39. The van der Waals surface area contributed by atoms with Gasteiger partial charge in [-0.3, -0.25) is 0 Å². The summed E-state index contributed by atoms with van der Waals surface area (Å²) in [6.45, 7) is -0.00193. The molecule has 0 bridgehead atoms. The number of aromatic nitrogens is 1. The zero-order valence-corrected chi connectivity index (χ0v) is 7.59. The monoisotopic (exact) mass is 198 g/mol. The molecule has 1 aromatic rings. The Morgan fingerprint density at radius 3 is 2.57 bits per heavy atom. The number of hydrogen-bond donors (Lipinski definition) is 5. The molecule has 0 aliphatic rings. The number of hydrogen-bond acceptors (Lipinski definition) is 6. The maximum Gasteiger partial charge on any atom is 0.139 e. The first kappa shape index (κ1) is 10.9. The van der Waals surface area contributed by atoms with Crippen LogP contribution in [0.3, 0.4) is 0 Å². The molecule has 1 aromatic heterocycles. The minimum Gasteiger partial charge on any atom is -0.389 e. The van der Waals surface area contributed by atoms with Gasteiger partial charge in [-0.05, 0) is 6.07 Å². The van der Waals surface area contributed by atoms with Gasteiger partial charge in [0.25, 0.3) is 0 Å². The van der Waals surface area contributed by atoms with Gasteiger partial charge in [-0.25, -0.2) is 10.8 Å². The standard InChI is InChI=1S/C8H14N4O2/c9-3-6(13)8(14)5-1-2-7(12-10)11-4-5/h1-2,4,6,8,13-14H,3,9-10H2,(H,11,12). The molecule has 0 aromatic carbocycles. The SMILES string of the molecule is NCC(O)C(O)c1ccc(NN)nc1. The van der Waals surface area contributed by atoms with Crippen LogP contribution in [0.2, 0.25) is 0 Å². The molecule has 0 fully saturated rings. The summed E-state index contributed by atoms with van der Waals surface area (Å²) in [4.78, 5) is 3.89. The molecule has 6 heteroatoms. The number of rotatable bonds is 4. The van der Waals surface area contributed by atoms with Crippen LogP contribution in [0.25, 0.3) is 0 Å². The number of nitrogens with two attached hydrogens (primary N) is 2. The molecule has 0 spiro atoms. The summed E-state index contributed by atoms with van der Waals surface area (Å²) in [5.41, 5.74) is 8.06. The molecular formula is C8H14N4O2. The Bertz CT molecular complexity index is 277. The summed E-state index contributed by atoms with van der Waals surface area (Å²) in [5.74, 6) is 5.61. The largest absolute Gasteiger partial charge is 0.389 e. The molecule has 0 amide bonds. The minimum atomic E-state index is -1.01. The third-order valence-corrected chi connectivity index (χ3v) is 1.88. The molecule has 1 heterocycles. The molecule has 78 valence electrons. The van der Waals surface area contributed by atoms with Crippen molar-refractivity contribution in [2.45, 2.75) is 12.2 Å². The fraction of sp³-hybridized carbons (Fsp3) is 0.375. The highest BCUT2D eigenvalue weighted by molar-refractivity contribution is 5.34. The van der Waals surface area contributed by atoms with Crippen molar-refractivity contribution in [2.24, 2.45) is 11.6 Å². The molecule has 0 saturated carbocycles. The van der Waals surface area contributed by atoms with E-state index in [0.717, 1.165) is 0 Å².